The number of benzene rings is 1. The van der Waals surface area contributed by atoms with E-state index in [1.807, 2.05) is 13.8 Å². The minimum Gasteiger partial charge on any atom is -0.480 e. The lowest BCUT2D eigenvalue weighted by Gasteiger charge is -2.37. The van der Waals surface area contributed by atoms with Gasteiger partial charge in [0.25, 0.3) is 5.91 Å². The largest absolute Gasteiger partial charge is 0.480 e. The van der Waals surface area contributed by atoms with Crippen molar-refractivity contribution in [3.8, 4) is 0 Å². The van der Waals surface area contributed by atoms with E-state index in [0.717, 1.165) is 18.4 Å². The minimum atomic E-state index is -1.18. The van der Waals surface area contributed by atoms with E-state index in [1.54, 1.807) is 18.2 Å². The van der Waals surface area contributed by atoms with Gasteiger partial charge in [-0.1, -0.05) is 37.4 Å². The van der Waals surface area contributed by atoms with E-state index in [1.165, 1.54) is 0 Å². The summed E-state index contributed by atoms with van der Waals surface area (Å²) in [6.07, 6.45) is 2.71. The lowest BCUT2D eigenvalue weighted by molar-refractivity contribution is -0.146. The first-order chi connectivity index (χ1) is 9.84. The Hall–Kier alpha value is -1.55. The van der Waals surface area contributed by atoms with Crippen LogP contribution in [0.15, 0.2) is 18.2 Å². The molecule has 1 saturated carbocycles. The average Bonchev–Trinajstić information content (AvgIpc) is 2.38. The van der Waals surface area contributed by atoms with Gasteiger partial charge in [-0.15, -0.1) is 0 Å². The van der Waals surface area contributed by atoms with Crippen molar-refractivity contribution in [3.05, 3.63) is 34.3 Å². The number of halogens is 1. The quantitative estimate of drug-likeness (QED) is 0.899. The van der Waals surface area contributed by atoms with E-state index in [9.17, 15) is 14.7 Å². The molecule has 1 aliphatic carbocycles. The number of aliphatic carboxylic acids is 1. The zero-order chi connectivity index (χ0) is 15.6. The van der Waals surface area contributed by atoms with Crippen LogP contribution in [0.3, 0.4) is 0 Å². The molecular formula is C16H20ClNO3. The summed E-state index contributed by atoms with van der Waals surface area (Å²) in [5.74, 6) is -1.11. The third-order valence-electron chi connectivity index (χ3n) is 4.13. The Bertz CT molecular complexity index is 573. The molecule has 0 radical (unpaired) electrons. The zero-order valence-electron chi connectivity index (χ0n) is 12.3. The number of carbonyl (C=O) groups excluding carboxylic acids is 1. The maximum Gasteiger partial charge on any atom is 0.329 e. The molecule has 4 nitrogen and oxygen atoms in total. The molecule has 2 rings (SSSR count). The van der Waals surface area contributed by atoms with Crippen LogP contribution in [0.2, 0.25) is 5.02 Å². The van der Waals surface area contributed by atoms with Crippen molar-refractivity contribution in [2.45, 2.75) is 45.1 Å². The summed E-state index contributed by atoms with van der Waals surface area (Å²) in [5.41, 5.74) is 0.0973. The number of hydrogen-bond donors (Lipinski definition) is 2. The Kier molecular flexibility index (Phi) is 4.57. The van der Waals surface area contributed by atoms with Gasteiger partial charge in [-0.05, 0) is 43.4 Å². The predicted molar refractivity (Wildman–Crippen MR) is 81.7 cm³/mol. The maximum absolute atomic E-state index is 12.4. The van der Waals surface area contributed by atoms with Gasteiger partial charge in [0, 0.05) is 0 Å². The average molecular weight is 310 g/mol. The first-order valence-corrected chi connectivity index (χ1v) is 7.54. The Balaban J connectivity index is 2.24. The van der Waals surface area contributed by atoms with Gasteiger partial charge in [0.05, 0.1) is 10.6 Å². The second-order valence-corrected chi connectivity index (χ2v) is 6.43. The van der Waals surface area contributed by atoms with Crippen LogP contribution in [-0.4, -0.2) is 22.5 Å². The molecule has 1 aliphatic rings. The molecule has 1 aromatic rings. The molecule has 0 bridgehead atoms. The summed E-state index contributed by atoms with van der Waals surface area (Å²) in [7, 11) is 0. The zero-order valence-corrected chi connectivity index (χ0v) is 13.0. The number of amides is 1. The van der Waals surface area contributed by atoms with E-state index >= 15 is 0 Å². The summed E-state index contributed by atoms with van der Waals surface area (Å²) >= 11 is 6.09. The lowest BCUT2D eigenvalue weighted by atomic mass is 9.76. The van der Waals surface area contributed by atoms with Crippen LogP contribution in [0, 0.1) is 12.8 Å². The van der Waals surface area contributed by atoms with E-state index in [-0.39, 0.29) is 5.92 Å². The lowest BCUT2D eigenvalue weighted by Crippen LogP contribution is -2.56. The Morgan fingerprint density at radius 3 is 2.71 bits per heavy atom. The predicted octanol–water partition coefficient (Wildman–Crippen LogP) is 3.41. The fraction of sp³-hybridized carbons (Fsp3) is 0.500. The number of aryl methyl sites for hydroxylation is 1. The van der Waals surface area contributed by atoms with Gasteiger partial charge in [-0.2, -0.15) is 0 Å². The molecule has 5 heteroatoms. The highest BCUT2D eigenvalue weighted by Crippen LogP contribution is 2.33. The fourth-order valence-electron chi connectivity index (χ4n) is 3.00. The molecule has 21 heavy (non-hydrogen) atoms. The summed E-state index contributed by atoms with van der Waals surface area (Å²) in [6, 6.07) is 5.12. The van der Waals surface area contributed by atoms with Crippen molar-refractivity contribution in [3.63, 3.8) is 0 Å². The van der Waals surface area contributed by atoms with Crippen LogP contribution in [0.25, 0.3) is 0 Å². The third-order valence-corrected chi connectivity index (χ3v) is 4.44. The van der Waals surface area contributed by atoms with E-state index < -0.39 is 17.4 Å². The molecule has 2 N–H and O–H groups in total. The first-order valence-electron chi connectivity index (χ1n) is 7.16. The fourth-order valence-corrected chi connectivity index (χ4v) is 3.32. The maximum atomic E-state index is 12.4. The summed E-state index contributed by atoms with van der Waals surface area (Å²) in [5, 5.41) is 12.6. The number of hydrogen-bond acceptors (Lipinski definition) is 2. The summed E-state index contributed by atoms with van der Waals surface area (Å²) in [6.45, 7) is 3.90. The van der Waals surface area contributed by atoms with Gasteiger partial charge in [0.2, 0.25) is 0 Å². The van der Waals surface area contributed by atoms with Gasteiger partial charge in [-0.25, -0.2) is 4.79 Å². The molecule has 114 valence electrons. The Labute approximate surface area is 129 Å². The van der Waals surface area contributed by atoms with E-state index in [4.69, 9.17) is 11.6 Å². The SMILES string of the molecule is Cc1ccc(C(=O)NC2(C(=O)O)CCCC(C)C2)c(Cl)c1. The summed E-state index contributed by atoms with van der Waals surface area (Å²) in [4.78, 5) is 24.1. The van der Waals surface area contributed by atoms with Crippen molar-refractivity contribution in [1.82, 2.24) is 5.32 Å². The van der Waals surface area contributed by atoms with Crippen molar-refractivity contribution in [2.24, 2.45) is 5.92 Å². The molecule has 0 spiro atoms. The molecule has 2 atom stereocenters. The number of nitrogens with one attached hydrogen (secondary N) is 1. The van der Waals surface area contributed by atoms with Crippen molar-refractivity contribution in [1.29, 1.82) is 0 Å². The normalized spacial score (nSPS) is 25.4. The highest BCUT2D eigenvalue weighted by atomic mass is 35.5. The van der Waals surface area contributed by atoms with Gasteiger partial charge in [0.15, 0.2) is 0 Å². The van der Waals surface area contributed by atoms with Crippen LogP contribution in [-0.2, 0) is 4.79 Å². The van der Waals surface area contributed by atoms with Gasteiger partial charge in [-0.3, -0.25) is 4.79 Å². The van der Waals surface area contributed by atoms with Crippen molar-refractivity contribution >= 4 is 23.5 Å². The highest BCUT2D eigenvalue weighted by molar-refractivity contribution is 6.34. The highest BCUT2D eigenvalue weighted by Gasteiger charge is 2.43. The standard InChI is InChI=1S/C16H20ClNO3/c1-10-5-6-12(13(17)8-10)14(19)18-16(15(20)21)7-3-4-11(2)9-16/h5-6,8,11H,3-4,7,9H2,1-2H3,(H,18,19)(H,20,21). The number of carboxylic acid groups (broad SMARTS) is 1. The second kappa shape index (κ2) is 6.06. The molecule has 2 unspecified atom stereocenters. The molecule has 1 amide bonds. The van der Waals surface area contributed by atoms with Crippen LogP contribution in [0.1, 0.15) is 48.5 Å². The van der Waals surface area contributed by atoms with E-state index in [0.29, 0.717) is 23.4 Å². The second-order valence-electron chi connectivity index (χ2n) is 6.03. The van der Waals surface area contributed by atoms with Crippen molar-refractivity contribution in [2.75, 3.05) is 0 Å². The number of carboxylic acids is 1. The smallest absolute Gasteiger partial charge is 0.329 e. The topological polar surface area (TPSA) is 66.4 Å². The van der Waals surface area contributed by atoms with Gasteiger partial charge < -0.3 is 10.4 Å². The van der Waals surface area contributed by atoms with Gasteiger partial charge in [0.1, 0.15) is 5.54 Å². The van der Waals surface area contributed by atoms with Crippen LogP contribution in [0.5, 0.6) is 0 Å². The molecule has 0 heterocycles. The van der Waals surface area contributed by atoms with Crippen LogP contribution >= 0.6 is 11.6 Å². The number of rotatable bonds is 3. The molecule has 0 aliphatic heterocycles. The monoisotopic (exact) mass is 309 g/mol. The first kappa shape index (κ1) is 15.8. The molecule has 1 fully saturated rings. The number of carbonyl (C=O) groups is 2. The molecular weight excluding hydrogens is 290 g/mol. The Morgan fingerprint density at radius 2 is 2.14 bits per heavy atom. The minimum absolute atomic E-state index is 0.281. The summed E-state index contributed by atoms with van der Waals surface area (Å²) < 4.78 is 0. The van der Waals surface area contributed by atoms with Crippen LogP contribution < -0.4 is 5.32 Å². The molecule has 1 aromatic carbocycles. The third kappa shape index (κ3) is 3.38. The molecule has 0 saturated heterocycles. The molecule has 0 aromatic heterocycles. The Morgan fingerprint density at radius 1 is 1.43 bits per heavy atom. The van der Waals surface area contributed by atoms with Crippen molar-refractivity contribution < 1.29 is 14.7 Å². The van der Waals surface area contributed by atoms with Crippen LogP contribution in [0.4, 0.5) is 0 Å². The van der Waals surface area contributed by atoms with Gasteiger partial charge >= 0.3 is 5.97 Å². The van der Waals surface area contributed by atoms with E-state index in [2.05, 4.69) is 5.32 Å².